The van der Waals surface area contributed by atoms with Crippen LogP contribution in [0.15, 0.2) is 0 Å². The fraction of sp³-hybridized carbons (Fsp3) is 0.917. The van der Waals surface area contributed by atoms with Gasteiger partial charge in [0.15, 0.2) is 0 Å². The maximum absolute atomic E-state index is 11.5. The van der Waals surface area contributed by atoms with Gasteiger partial charge in [-0.25, -0.2) is 0 Å². The van der Waals surface area contributed by atoms with Crippen LogP contribution in [0.2, 0.25) is 0 Å². The topological polar surface area (TPSA) is 67.8 Å². The van der Waals surface area contributed by atoms with E-state index >= 15 is 0 Å². The first-order valence-corrected chi connectivity index (χ1v) is 6.22. The van der Waals surface area contributed by atoms with Crippen molar-refractivity contribution in [3.05, 3.63) is 0 Å². The normalized spacial score (nSPS) is 25.8. The van der Waals surface area contributed by atoms with Gasteiger partial charge in [-0.1, -0.05) is 19.8 Å². The number of methoxy groups -OCH3 is 1. The van der Waals surface area contributed by atoms with Crippen LogP contribution in [-0.4, -0.2) is 49.6 Å². The molecule has 2 atom stereocenters. The van der Waals surface area contributed by atoms with Crippen molar-refractivity contribution in [2.75, 3.05) is 26.9 Å². The van der Waals surface area contributed by atoms with E-state index in [0.717, 1.165) is 19.3 Å². The summed E-state index contributed by atoms with van der Waals surface area (Å²) in [6, 6.07) is -0.329. The second-order valence-corrected chi connectivity index (χ2v) is 4.63. The zero-order chi connectivity index (χ0) is 12.7. The minimum Gasteiger partial charge on any atom is -0.468 e. The molecule has 1 rings (SSSR count). The summed E-state index contributed by atoms with van der Waals surface area (Å²) in [5.41, 5.74) is -0.835. The summed E-state index contributed by atoms with van der Waals surface area (Å²) >= 11 is 0. The number of rotatable bonds is 7. The number of esters is 1. The van der Waals surface area contributed by atoms with Crippen LogP contribution >= 0.6 is 0 Å². The van der Waals surface area contributed by atoms with E-state index in [-0.39, 0.29) is 12.0 Å². The first-order chi connectivity index (χ1) is 8.11. The van der Waals surface area contributed by atoms with Gasteiger partial charge in [0, 0.05) is 19.6 Å². The maximum Gasteiger partial charge on any atom is 0.322 e. The highest BCUT2D eigenvalue weighted by atomic mass is 16.5. The van der Waals surface area contributed by atoms with Gasteiger partial charge in [-0.3, -0.25) is 4.79 Å². The van der Waals surface area contributed by atoms with E-state index in [0.29, 0.717) is 26.2 Å². The van der Waals surface area contributed by atoms with Crippen molar-refractivity contribution >= 4 is 5.97 Å². The highest BCUT2D eigenvalue weighted by Crippen LogP contribution is 2.17. The lowest BCUT2D eigenvalue weighted by Gasteiger charge is -2.24. The van der Waals surface area contributed by atoms with Crippen molar-refractivity contribution in [2.45, 2.75) is 44.2 Å². The number of carbonyl (C=O) groups is 1. The number of nitrogens with one attached hydrogen (secondary N) is 1. The van der Waals surface area contributed by atoms with Gasteiger partial charge in [0.1, 0.15) is 11.6 Å². The lowest BCUT2D eigenvalue weighted by atomic mass is 10.0. The quantitative estimate of drug-likeness (QED) is 0.638. The predicted octanol–water partition coefficient (Wildman–Crippen LogP) is 0.459. The molecule has 0 aliphatic carbocycles. The summed E-state index contributed by atoms with van der Waals surface area (Å²) in [5, 5.41) is 13.2. The third kappa shape index (κ3) is 4.61. The smallest absolute Gasteiger partial charge is 0.322 e. The standard InChI is InChI=1S/C12H23NO4/c1-3-4-5-10(11(14)16-2)13-8-12(15)6-7-17-9-12/h10,13,15H,3-9H2,1-2H3. The Labute approximate surface area is 102 Å². The van der Waals surface area contributed by atoms with Crippen molar-refractivity contribution in [1.82, 2.24) is 5.32 Å². The van der Waals surface area contributed by atoms with E-state index < -0.39 is 5.60 Å². The summed E-state index contributed by atoms with van der Waals surface area (Å²) in [6.07, 6.45) is 3.34. The lowest BCUT2D eigenvalue weighted by molar-refractivity contribution is -0.143. The number of aliphatic hydroxyl groups is 1. The molecule has 0 radical (unpaired) electrons. The second kappa shape index (κ2) is 6.93. The monoisotopic (exact) mass is 245 g/mol. The molecule has 5 heteroatoms. The van der Waals surface area contributed by atoms with Gasteiger partial charge in [0.05, 0.1) is 13.7 Å². The largest absolute Gasteiger partial charge is 0.468 e. The zero-order valence-corrected chi connectivity index (χ0v) is 10.7. The summed E-state index contributed by atoms with van der Waals surface area (Å²) in [4.78, 5) is 11.5. The molecule has 1 fully saturated rings. The SMILES string of the molecule is CCCCC(NCC1(O)CCOC1)C(=O)OC. The first-order valence-electron chi connectivity index (χ1n) is 6.22. The minimum absolute atomic E-state index is 0.263. The number of hydrogen-bond donors (Lipinski definition) is 2. The highest BCUT2D eigenvalue weighted by molar-refractivity contribution is 5.75. The fourth-order valence-corrected chi connectivity index (χ4v) is 1.90. The second-order valence-electron chi connectivity index (χ2n) is 4.63. The van der Waals surface area contributed by atoms with Gasteiger partial charge >= 0.3 is 5.97 Å². The Bertz CT molecular complexity index is 239. The summed E-state index contributed by atoms with van der Waals surface area (Å²) in [6.45, 7) is 3.36. The van der Waals surface area contributed by atoms with E-state index in [1.54, 1.807) is 0 Å². The molecule has 5 nitrogen and oxygen atoms in total. The van der Waals surface area contributed by atoms with Crippen LogP contribution in [0.4, 0.5) is 0 Å². The van der Waals surface area contributed by atoms with E-state index in [2.05, 4.69) is 12.2 Å². The predicted molar refractivity (Wildman–Crippen MR) is 63.7 cm³/mol. The van der Waals surface area contributed by atoms with E-state index in [4.69, 9.17) is 9.47 Å². The van der Waals surface area contributed by atoms with Gasteiger partial charge in [-0.2, -0.15) is 0 Å². The molecule has 0 aromatic carbocycles. The van der Waals surface area contributed by atoms with Crippen molar-refractivity contribution < 1.29 is 19.4 Å². The van der Waals surface area contributed by atoms with Crippen LogP contribution < -0.4 is 5.32 Å². The Kier molecular flexibility index (Phi) is 5.88. The van der Waals surface area contributed by atoms with Crippen LogP contribution in [0, 0.1) is 0 Å². The molecule has 1 aliphatic heterocycles. The average molecular weight is 245 g/mol. The van der Waals surface area contributed by atoms with Crippen molar-refractivity contribution in [2.24, 2.45) is 0 Å². The fourth-order valence-electron chi connectivity index (χ4n) is 1.90. The lowest BCUT2D eigenvalue weighted by Crippen LogP contribution is -2.48. The Morgan fingerprint density at radius 1 is 1.65 bits per heavy atom. The third-order valence-electron chi connectivity index (χ3n) is 3.09. The molecule has 1 aliphatic rings. The molecule has 0 aromatic heterocycles. The maximum atomic E-state index is 11.5. The minimum atomic E-state index is -0.835. The van der Waals surface area contributed by atoms with E-state index in [9.17, 15) is 9.90 Å². The molecule has 0 spiro atoms. The molecule has 0 saturated carbocycles. The number of ether oxygens (including phenoxy) is 2. The molecule has 1 heterocycles. The number of carbonyl (C=O) groups excluding carboxylic acids is 1. The van der Waals surface area contributed by atoms with Crippen molar-refractivity contribution in [3.8, 4) is 0 Å². The highest BCUT2D eigenvalue weighted by Gasteiger charge is 2.33. The molecule has 2 N–H and O–H groups in total. The van der Waals surface area contributed by atoms with Crippen LogP contribution in [0.25, 0.3) is 0 Å². The van der Waals surface area contributed by atoms with Gasteiger partial charge in [0.25, 0.3) is 0 Å². The Hall–Kier alpha value is -0.650. The molecular formula is C12H23NO4. The Morgan fingerprint density at radius 3 is 2.94 bits per heavy atom. The average Bonchev–Trinajstić information content (AvgIpc) is 2.76. The van der Waals surface area contributed by atoms with Gasteiger partial charge < -0.3 is 19.9 Å². The third-order valence-corrected chi connectivity index (χ3v) is 3.09. The van der Waals surface area contributed by atoms with E-state index in [1.807, 2.05) is 0 Å². The number of hydrogen-bond acceptors (Lipinski definition) is 5. The van der Waals surface area contributed by atoms with Gasteiger partial charge in [0.2, 0.25) is 0 Å². The van der Waals surface area contributed by atoms with Crippen LogP contribution in [-0.2, 0) is 14.3 Å². The van der Waals surface area contributed by atoms with Crippen LogP contribution in [0.3, 0.4) is 0 Å². The molecule has 0 bridgehead atoms. The summed E-state index contributed by atoms with van der Waals surface area (Å²) in [5.74, 6) is -0.263. The molecule has 0 amide bonds. The van der Waals surface area contributed by atoms with Gasteiger partial charge in [-0.15, -0.1) is 0 Å². The van der Waals surface area contributed by atoms with Crippen molar-refractivity contribution in [3.63, 3.8) is 0 Å². The van der Waals surface area contributed by atoms with Crippen molar-refractivity contribution in [1.29, 1.82) is 0 Å². The number of unbranched alkanes of at least 4 members (excludes halogenated alkanes) is 1. The molecule has 2 unspecified atom stereocenters. The molecule has 1 saturated heterocycles. The summed E-state index contributed by atoms with van der Waals surface area (Å²) < 4.78 is 9.90. The zero-order valence-electron chi connectivity index (χ0n) is 10.7. The summed E-state index contributed by atoms with van der Waals surface area (Å²) in [7, 11) is 1.39. The van der Waals surface area contributed by atoms with Crippen LogP contribution in [0.5, 0.6) is 0 Å². The Balaban J connectivity index is 2.39. The molecule has 17 heavy (non-hydrogen) atoms. The van der Waals surface area contributed by atoms with Crippen LogP contribution in [0.1, 0.15) is 32.6 Å². The van der Waals surface area contributed by atoms with Gasteiger partial charge in [-0.05, 0) is 6.42 Å². The molecular weight excluding hydrogens is 222 g/mol. The van der Waals surface area contributed by atoms with E-state index in [1.165, 1.54) is 7.11 Å². The molecule has 0 aromatic rings. The molecule has 100 valence electrons. The Morgan fingerprint density at radius 2 is 2.41 bits per heavy atom. The first kappa shape index (κ1) is 14.4.